The molecule has 1 aromatic carbocycles. The van der Waals surface area contributed by atoms with Crippen LogP contribution in [0.3, 0.4) is 0 Å². The maximum Gasteiger partial charge on any atom is 0.348 e. The number of carbonyl (C=O) groups is 2. The minimum Gasteiger partial charge on any atom is -0.406 e. The van der Waals surface area contributed by atoms with Crippen molar-refractivity contribution < 1.29 is 18.9 Å². The van der Waals surface area contributed by atoms with E-state index in [1.165, 1.54) is 35.6 Å². The van der Waals surface area contributed by atoms with Gasteiger partial charge in [0.05, 0.1) is 15.9 Å². The number of thiophene rings is 1. The molecule has 0 saturated carbocycles. The molecule has 0 saturated heterocycles. The monoisotopic (exact) mass is 413 g/mol. The Morgan fingerprint density at radius 3 is 2.76 bits per heavy atom. The number of nitrogens with zero attached hydrogens (tertiary/aromatic N) is 2. The number of aromatic nitrogens is 1. The van der Waals surface area contributed by atoms with Crippen molar-refractivity contribution in [3.8, 4) is 0 Å². The van der Waals surface area contributed by atoms with E-state index in [0.29, 0.717) is 10.2 Å². The number of amides is 1. The van der Waals surface area contributed by atoms with Crippen molar-refractivity contribution in [2.75, 3.05) is 0 Å². The molecule has 3 aromatic rings. The minimum absolute atomic E-state index is 0.0381. The molecule has 0 aliphatic rings. The number of ketones is 1. The average Bonchev–Trinajstić information content (AvgIpc) is 3.07. The zero-order valence-electron chi connectivity index (χ0n) is 15.4. The van der Waals surface area contributed by atoms with Gasteiger partial charge in [0.1, 0.15) is 10.9 Å². The van der Waals surface area contributed by atoms with Gasteiger partial charge in [-0.15, -0.1) is 11.3 Å². The number of rotatable bonds is 6. The number of allylic oxidation sites excluding steroid dienone is 1. The van der Waals surface area contributed by atoms with Gasteiger partial charge in [-0.25, -0.2) is 9.78 Å². The predicted octanol–water partition coefficient (Wildman–Crippen LogP) is 3.08. The number of para-hydroxylation sites is 1. The lowest BCUT2D eigenvalue weighted by Crippen LogP contribution is -2.26. The normalized spacial score (nSPS) is 12.2. The molecule has 2 heterocycles. The van der Waals surface area contributed by atoms with Crippen LogP contribution in [0.5, 0.6) is 0 Å². The Labute approximate surface area is 167 Å². The van der Waals surface area contributed by atoms with Crippen LogP contribution in [0.4, 0.5) is 5.69 Å². The quantitative estimate of drug-likeness (QED) is 0.284. The van der Waals surface area contributed by atoms with Gasteiger partial charge in [-0.05, 0) is 36.9 Å². The van der Waals surface area contributed by atoms with E-state index in [1.54, 1.807) is 19.2 Å². The topological polar surface area (TPSA) is 132 Å². The van der Waals surface area contributed by atoms with Gasteiger partial charge in [-0.2, -0.15) is 0 Å². The fraction of sp³-hybridized carbons (Fsp3) is 0.158. The van der Waals surface area contributed by atoms with E-state index in [1.807, 2.05) is 0 Å². The molecule has 3 rings (SSSR count). The average molecular weight is 413 g/mol. The van der Waals surface area contributed by atoms with Crippen molar-refractivity contribution in [1.29, 1.82) is 0 Å². The molecule has 1 amide bonds. The number of nitro groups is 1. The number of benzene rings is 1. The van der Waals surface area contributed by atoms with Gasteiger partial charge in [0.15, 0.2) is 5.78 Å². The highest BCUT2D eigenvalue weighted by Gasteiger charge is 2.19. The molecular formula is C19H15N3O6S. The fourth-order valence-corrected chi connectivity index (χ4v) is 3.53. The second-order valence-electron chi connectivity index (χ2n) is 6.14. The first-order chi connectivity index (χ1) is 13.8. The van der Waals surface area contributed by atoms with Gasteiger partial charge < -0.3 is 9.73 Å². The van der Waals surface area contributed by atoms with Crippen molar-refractivity contribution in [2.45, 2.75) is 19.9 Å². The van der Waals surface area contributed by atoms with Crippen LogP contribution < -0.4 is 10.9 Å². The first-order valence-electron chi connectivity index (χ1n) is 8.43. The second-order valence-corrected chi connectivity index (χ2v) is 7.00. The van der Waals surface area contributed by atoms with Gasteiger partial charge in [0.2, 0.25) is 11.8 Å². The van der Waals surface area contributed by atoms with E-state index in [-0.39, 0.29) is 17.1 Å². The first kappa shape index (κ1) is 20.1. The Morgan fingerprint density at radius 2 is 2.03 bits per heavy atom. The maximum absolute atomic E-state index is 12.2. The molecule has 0 fully saturated rings. The van der Waals surface area contributed by atoms with Crippen LogP contribution in [0.2, 0.25) is 0 Å². The van der Waals surface area contributed by atoms with Gasteiger partial charge >= 0.3 is 5.63 Å². The van der Waals surface area contributed by atoms with E-state index in [2.05, 4.69) is 10.3 Å². The van der Waals surface area contributed by atoms with Crippen molar-refractivity contribution in [3.63, 3.8) is 0 Å². The molecule has 10 heteroatoms. The van der Waals surface area contributed by atoms with E-state index in [4.69, 9.17) is 4.42 Å². The largest absolute Gasteiger partial charge is 0.406 e. The molecule has 0 spiro atoms. The zero-order valence-corrected chi connectivity index (χ0v) is 16.2. The molecule has 0 bridgehead atoms. The van der Waals surface area contributed by atoms with Crippen molar-refractivity contribution in [2.24, 2.45) is 0 Å². The third-order valence-electron chi connectivity index (χ3n) is 4.05. The van der Waals surface area contributed by atoms with E-state index < -0.39 is 28.3 Å². The van der Waals surface area contributed by atoms with Crippen LogP contribution in [0, 0.1) is 17.0 Å². The standard InChI is InChI=1S/C19H15N3O6S/c1-10-9-29-18-16(10)19(25)28-17(21-18)11(2)20-15(24)8-7-14(23)12-5-3-4-6-13(12)22(26)27/h3-9,11H,1-2H3,(H,20,24)/t11-/m0/s1. The van der Waals surface area contributed by atoms with Crippen molar-refractivity contribution >= 4 is 38.9 Å². The lowest BCUT2D eigenvalue weighted by Gasteiger charge is -2.10. The van der Waals surface area contributed by atoms with Crippen LogP contribution in [0.1, 0.15) is 34.8 Å². The van der Waals surface area contributed by atoms with Crippen LogP contribution >= 0.6 is 11.3 Å². The Bertz CT molecular complexity index is 1210. The third-order valence-corrected chi connectivity index (χ3v) is 5.04. The summed E-state index contributed by atoms with van der Waals surface area (Å²) in [5, 5.41) is 15.7. The molecule has 0 aliphatic heterocycles. The number of nitrogens with one attached hydrogen (secondary N) is 1. The SMILES string of the molecule is Cc1csc2nc([C@H](C)NC(=O)C=CC(=O)c3ccccc3[N+](=O)[O-])oc(=O)c12. The smallest absolute Gasteiger partial charge is 0.348 e. The molecule has 0 unspecified atom stereocenters. The maximum atomic E-state index is 12.2. The summed E-state index contributed by atoms with van der Waals surface area (Å²) >= 11 is 1.30. The van der Waals surface area contributed by atoms with Crippen LogP contribution in [-0.4, -0.2) is 21.6 Å². The van der Waals surface area contributed by atoms with Crippen LogP contribution in [-0.2, 0) is 4.79 Å². The molecule has 2 aromatic heterocycles. The predicted molar refractivity (Wildman–Crippen MR) is 106 cm³/mol. The third kappa shape index (κ3) is 4.27. The zero-order chi connectivity index (χ0) is 21.1. The molecular weight excluding hydrogens is 398 g/mol. The molecule has 29 heavy (non-hydrogen) atoms. The number of fused-ring (bicyclic) bond motifs is 1. The number of hydrogen-bond acceptors (Lipinski definition) is 8. The summed E-state index contributed by atoms with van der Waals surface area (Å²) < 4.78 is 5.19. The Kier molecular flexibility index (Phi) is 5.64. The number of nitro benzene ring substituents is 1. The second kappa shape index (κ2) is 8.15. The van der Waals surface area contributed by atoms with Gasteiger partial charge in [0, 0.05) is 12.1 Å². The van der Waals surface area contributed by atoms with E-state index in [9.17, 15) is 24.5 Å². The van der Waals surface area contributed by atoms with Crippen LogP contribution in [0.25, 0.3) is 10.2 Å². The summed E-state index contributed by atoms with van der Waals surface area (Å²) in [7, 11) is 0. The van der Waals surface area contributed by atoms with Gasteiger partial charge in [-0.3, -0.25) is 19.7 Å². The molecule has 1 atom stereocenters. The highest BCUT2D eigenvalue weighted by molar-refractivity contribution is 7.16. The number of hydrogen-bond donors (Lipinski definition) is 1. The summed E-state index contributed by atoms with van der Waals surface area (Å²) in [6, 6.07) is 4.72. The lowest BCUT2D eigenvalue weighted by molar-refractivity contribution is -0.385. The van der Waals surface area contributed by atoms with Gasteiger partial charge in [-0.1, -0.05) is 12.1 Å². The minimum atomic E-state index is -0.729. The highest BCUT2D eigenvalue weighted by atomic mass is 32.1. The Morgan fingerprint density at radius 1 is 1.31 bits per heavy atom. The highest BCUT2D eigenvalue weighted by Crippen LogP contribution is 2.22. The summed E-state index contributed by atoms with van der Waals surface area (Å²) in [5.74, 6) is -1.28. The first-order valence-corrected chi connectivity index (χ1v) is 9.31. The molecule has 0 aliphatic carbocycles. The Balaban J connectivity index is 1.73. The Hall–Kier alpha value is -3.66. The summed E-state index contributed by atoms with van der Waals surface area (Å²) in [6.45, 7) is 3.36. The molecule has 0 radical (unpaired) electrons. The summed E-state index contributed by atoms with van der Waals surface area (Å²) in [5.41, 5.74) is -0.236. The molecule has 9 nitrogen and oxygen atoms in total. The number of carbonyl (C=O) groups excluding carboxylic acids is 2. The van der Waals surface area contributed by atoms with E-state index >= 15 is 0 Å². The summed E-state index contributed by atoms with van der Waals surface area (Å²) in [6.07, 6.45) is 1.90. The molecule has 148 valence electrons. The lowest BCUT2D eigenvalue weighted by atomic mass is 10.1. The van der Waals surface area contributed by atoms with Crippen molar-refractivity contribution in [1.82, 2.24) is 10.3 Å². The summed E-state index contributed by atoms with van der Waals surface area (Å²) in [4.78, 5) is 51.5. The fourth-order valence-electron chi connectivity index (χ4n) is 2.62. The van der Waals surface area contributed by atoms with E-state index in [0.717, 1.165) is 17.7 Å². The molecule has 1 N–H and O–H groups in total. The van der Waals surface area contributed by atoms with Crippen LogP contribution in [0.15, 0.2) is 51.0 Å². The number of aryl methyl sites for hydroxylation is 1. The van der Waals surface area contributed by atoms with Crippen molar-refractivity contribution in [3.05, 3.63) is 79.3 Å². The van der Waals surface area contributed by atoms with Gasteiger partial charge in [0.25, 0.3) is 5.69 Å².